The van der Waals surface area contributed by atoms with E-state index in [2.05, 4.69) is 18.2 Å². The monoisotopic (exact) mass is 370 g/mol. The largest absolute Gasteiger partial charge is 0.327 e. The Morgan fingerprint density at radius 1 is 1.04 bits per heavy atom. The van der Waals surface area contributed by atoms with E-state index < -0.39 is 6.04 Å². The molecule has 0 unspecified atom stereocenters. The zero-order valence-corrected chi connectivity index (χ0v) is 16.1. The van der Waals surface area contributed by atoms with Crippen LogP contribution in [0.15, 0.2) is 42.5 Å². The van der Waals surface area contributed by atoms with E-state index in [-0.39, 0.29) is 18.4 Å². The molecule has 0 spiro atoms. The maximum atomic E-state index is 12.8. The number of nitrogens with zero attached hydrogens (tertiary/aromatic N) is 2. The summed E-state index contributed by atoms with van der Waals surface area (Å²) in [4.78, 5) is 28.8. The van der Waals surface area contributed by atoms with Gasteiger partial charge >= 0.3 is 0 Å². The lowest BCUT2D eigenvalue weighted by molar-refractivity contribution is -0.156. The lowest BCUT2D eigenvalue weighted by Gasteiger charge is -2.39. The van der Waals surface area contributed by atoms with Crippen LogP contribution in [0.1, 0.15) is 29.2 Å². The van der Waals surface area contributed by atoms with Crippen LogP contribution < -0.4 is 0 Å². The molecule has 1 aliphatic heterocycles. The summed E-state index contributed by atoms with van der Waals surface area (Å²) in [5.74, 6) is -0.0834. The molecule has 2 aromatic rings. The normalized spacial score (nSPS) is 17.8. The van der Waals surface area contributed by atoms with Gasteiger partial charge in [0.15, 0.2) is 0 Å². The van der Waals surface area contributed by atoms with Gasteiger partial charge in [-0.2, -0.15) is 0 Å². The fourth-order valence-corrected chi connectivity index (χ4v) is 3.49. The van der Waals surface area contributed by atoms with E-state index in [4.69, 9.17) is 11.6 Å². The Morgan fingerprint density at radius 2 is 1.77 bits per heavy atom. The average molecular weight is 371 g/mol. The number of amides is 2. The quantitative estimate of drug-likeness (QED) is 0.823. The number of rotatable bonds is 4. The molecule has 3 rings (SSSR count). The number of carbonyl (C=O) groups is 2. The molecular formula is C21H23ClN2O2. The van der Waals surface area contributed by atoms with E-state index in [1.165, 1.54) is 0 Å². The predicted molar refractivity (Wildman–Crippen MR) is 103 cm³/mol. The summed E-state index contributed by atoms with van der Waals surface area (Å²) < 4.78 is 0. The van der Waals surface area contributed by atoms with Crippen molar-refractivity contribution in [2.75, 3.05) is 6.54 Å². The van der Waals surface area contributed by atoms with Gasteiger partial charge in [0.2, 0.25) is 11.8 Å². The number of hydrogen-bond acceptors (Lipinski definition) is 2. The predicted octanol–water partition coefficient (Wildman–Crippen LogP) is 3.72. The minimum Gasteiger partial charge on any atom is -0.327 e. The summed E-state index contributed by atoms with van der Waals surface area (Å²) in [5.41, 5.74) is 4.21. The number of aryl methyl sites for hydroxylation is 2. The van der Waals surface area contributed by atoms with E-state index in [0.29, 0.717) is 18.1 Å². The summed E-state index contributed by atoms with van der Waals surface area (Å²) in [6, 6.07) is 13.1. The molecule has 4 nitrogen and oxygen atoms in total. The molecule has 1 saturated heterocycles. The fourth-order valence-electron chi connectivity index (χ4n) is 3.29. The second-order valence-corrected chi connectivity index (χ2v) is 7.32. The highest BCUT2D eigenvalue weighted by atomic mass is 35.5. The molecule has 0 aliphatic carbocycles. The summed E-state index contributed by atoms with van der Waals surface area (Å²) in [5, 5.41) is 0.609. The molecule has 2 amide bonds. The number of piperazine rings is 1. The molecule has 1 heterocycles. The van der Waals surface area contributed by atoms with E-state index in [9.17, 15) is 9.59 Å². The van der Waals surface area contributed by atoms with Crippen LogP contribution in [0.2, 0.25) is 5.02 Å². The van der Waals surface area contributed by atoms with Crippen LogP contribution in [0.25, 0.3) is 0 Å². The molecule has 0 radical (unpaired) electrons. The minimum atomic E-state index is -0.487. The van der Waals surface area contributed by atoms with Gasteiger partial charge in [0.1, 0.15) is 12.6 Å². The van der Waals surface area contributed by atoms with E-state index in [1.807, 2.05) is 32.0 Å². The molecule has 0 N–H and O–H groups in total. The van der Waals surface area contributed by atoms with Crippen molar-refractivity contribution in [3.63, 3.8) is 0 Å². The number of hydrogen-bond donors (Lipinski definition) is 0. The van der Waals surface area contributed by atoms with Crippen LogP contribution in [-0.4, -0.2) is 34.2 Å². The first kappa shape index (κ1) is 18.5. The second kappa shape index (κ2) is 7.50. The Hall–Kier alpha value is -2.33. The third kappa shape index (κ3) is 3.75. The maximum Gasteiger partial charge on any atom is 0.245 e. The minimum absolute atomic E-state index is 0.0370. The molecule has 26 heavy (non-hydrogen) atoms. The summed E-state index contributed by atoms with van der Waals surface area (Å²) in [7, 11) is 0. The number of carbonyl (C=O) groups excluding carboxylic acids is 2. The van der Waals surface area contributed by atoms with E-state index >= 15 is 0 Å². The Labute approximate surface area is 159 Å². The van der Waals surface area contributed by atoms with Crippen LogP contribution in [0.3, 0.4) is 0 Å². The second-order valence-electron chi connectivity index (χ2n) is 6.91. The van der Waals surface area contributed by atoms with Crippen molar-refractivity contribution >= 4 is 23.4 Å². The SMILES string of the molecule is Cc1ccc(C)c(CN2C(=O)CN(Cc3ccccc3Cl)C(=O)[C@@H]2C)c1. The van der Waals surface area contributed by atoms with Gasteiger partial charge in [0.25, 0.3) is 0 Å². The van der Waals surface area contributed by atoms with E-state index in [0.717, 1.165) is 22.3 Å². The Balaban J connectivity index is 1.77. The first-order valence-corrected chi connectivity index (χ1v) is 9.12. The third-order valence-corrected chi connectivity index (χ3v) is 5.32. The third-order valence-electron chi connectivity index (χ3n) is 4.95. The van der Waals surface area contributed by atoms with Crippen molar-refractivity contribution < 1.29 is 9.59 Å². The van der Waals surface area contributed by atoms with Crippen molar-refractivity contribution in [3.05, 3.63) is 69.7 Å². The van der Waals surface area contributed by atoms with Crippen LogP contribution in [0, 0.1) is 13.8 Å². The van der Waals surface area contributed by atoms with Gasteiger partial charge in [0, 0.05) is 18.1 Å². The van der Waals surface area contributed by atoms with Gasteiger partial charge in [-0.15, -0.1) is 0 Å². The Morgan fingerprint density at radius 3 is 2.50 bits per heavy atom. The van der Waals surface area contributed by atoms with Gasteiger partial charge in [-0.1, -0.05) is 53.6 Å². The van der Waals surface area contributed by atoms with Gasteiger partial charge in [-0.3, -0.25) is 9.59 Å². The fraction of sp³-hybridized carbons (Fsp3) is 0.333. The van der Waals surface area contributed by atoms with Gasteiger partial charge < -0.3 is 9.80 Å². The maximum absolute atomic E-state index is 12.8. The van der Waals surface area contributed by atoms with Crippen molar-refractivity contribution in [3.8, 4) is 0 Å². The van der Waals surface area contributed by atoms with Crippen LogP contribution in [-0.2, 0) is 22.7 Å². The van der Waals surface area contributed by atoms with Crippen molar-refractivity contribution in [1.82, 2.24) is 9.80 Å². The highest BCUT2D eigenvalue weighted by Gasteiger charge is 2.36. The van der Waals surface area contributed by atoms with Crippen LogP contribution in [0.4, 0.5) is 0 Å². The van der Waals surface area contributed by atoms with E-state index in [1.54, 1.807) is 22.8 Å². The zero-order chi connectivity index (χ0) is 18.8. The van der Waals surface area contributed by atoms with Crippen molar-refractivity contribution in [2.45, 2.75) is 39.9 Å². The topological polar surface area (TPSA) is 40.6 Å². The van der Waals surface area contributed by atoms with Gasteiger partial charge in [0.05, 0.1) is 0 Å². The molecule has 0 saturated carbocycles. The van der Waals surface area contributed by atoms with Crippen LogP contribution in [0.5, 0.6) is 0 Å². The van der Waals surface area contributed by atoms with Crippen LogP contribution >= 0.6 is 11.6 Å². The smallest absolute Gasteiger partial charge is 0.245 e. The number of halogens is 1. The average Bonchev–Trinajstić information content (AvgIpc) is 2.61. The van der Waals surface area contributed by atoms with Gasteiger partial charge in [-0.25, -0.2) is 0 Å². The van der Waals surface area contributed by atoms with Gasteiger partial charge in [-0.05, 0) is 43.5 Å². The molecule has 0 aromatic heterocycles. The zero-order valence-electron chi connectivity index (χ0n) is 15.3. The Bertz CT molecular complexity index is 850. The number of benzene rings is 2. The highest BCUT2D eigenvalue weighted by Crippen LogP contribution is 2.23. The lowest BCUT2D eigenvalue weighted by Crippen LogP contribution is -2.58. The summed E-state index contributed by atoms with van der Waals surface area (Å²) >= 11 is 6.20. The molecule has 1 atom stereocenters. The first-order valence-electron chi connectivity index (χ1n) is 8.74. The van der Waals surface area contributed by atoms with Crippen molar-refractivity contribution in [1.29, 1.82) is 0 Å². The first-order chi connectivity index (χ1) is 12.4. The summed E-state index contributed by atoms with van der Waals surface area (Å²) in [6.45, 7) is 6.74. The molecule has 1 aliphatic rings. The summed E-state index contributed by atoms with van der Waals surface area (Å²) in [6.07, 6.45) is 0. The van der Waals surface area contributed by atoms with Crippen molar-refractivity contribution in [2.24, 2.45) is 0 Å². The molecule has 0 bridgehead atoms. The molecule has 136 valence electrons. The Kier molecular flexibility index (Phi) is 5.33. The molecule has 5 heteroatoms. The lowest BCUT2D eigenvalue weighted by atomic mass is 10.0. The standard InChI is InChI=1S/C21H23ClN2O2/c1-14-8-9-15(2)18(10-14)12-24-16(3)21(26)23(13-20(24)25)11-17-6-4-5-7-19(17)22/h4-10,16H,11-13H2,1-3H3/t16-/m0/s1. The molecule has 1 fully saturated rings. The molecular weight excluding hydrogens is 348 g/mol. The highest BCUT2D eigenvalue weighted by molar-refractivity contribution is 6.31. The molecule has 2 aromatic carbocycles.